The molecule has 0 atom stereocenters. The molecule has 0 saturated carbocycles. The van der Waals surface area contributed by atoms with Crippen LogP contribution in [0.15, 0.2) is 30.6 Å². The molecule has 0 radical (unpaired) electrons. The molecule has 0 saturated heterocycles. The van der Waals surface area contributed by atoms with E-state index in [0.717, 1.165) is 0 Å². The Balaban J connectivity index is 2.51. The van der Waals surface area contributed by atoms with E-state index >= 15 is 0 Å². The van der Waals surface area contributed by atoms with Crippen LogP contribution >= 0.6 is 0 Å². The molecule has 0 aromatic carbocycles. The second-order valence-electron chi connectivity index (χ2n) is 4.49. The van der Waals surface area contributed by atoms with Crippen molar-refractivity contribution in [2.45, 2.75) is 19.8 Å². The Morgan fingerprint density at radius 2 is 1.95 bits per heavy atom. The molecule has 2 heterocycles. The Bertz CT molecular complexity index is 654. The van der Waals surface area contributed by atoms with Gasteiger partial charge in [0.05, 0.1) is 5.56 Å². The minimum atomic E-state index is -1.26. The summed E-state index contributed by atoms with van der Waals surface area (Å²) in [7, 11) is 0. The fraction of sp³-hybridized carbons (Fsp3) is 0.214. The van der Waals surface area contributed by atoms with Crippen LogP contribution in [0.4, 0.5) is 0 Å². The summed E-state index contributed by atoms with van der Waals surface area (Å²) in [5, 5.41) is 9.20. The summed E-state index contributed by atoms with van der Waals surface area (Å²) >= 11 is 0. The van der Waals surface area contributed by atoms with E-state index in [0.29, 0.717) is 5.82 Å². The number of hydrogen-bond donors (Lipinski definition) is 1. The van der Waals surface area contributed by atoms with Crippen LogP contribution in [0.2, 0.25) is 0 Å². The smallest absolute Gasteiger partial charge is 0.355 e. The van der Waals surface area contributed by atoms with Gasteiger partial charge in [0.25, 0.3) is 0 Å². The SMILES string of the molecule is CC(C)c1ncc(C(=O)c2ccccn2)c(C(=O)O)n1. The molecule has 1 N–H and O–H groups in total. The molecular formula is C14H13N3O3. The number of pyridine rings is 1. The van der Waals surface area contributed by atoms with E-state index in [-0.39, 0.29) is 22.9 Å². The predicted octanol–water partition coefficient (Wildman–Crippen LogP) is 1.92. The zero-order valence-electron chi connectivity index (χ0n) is 11.1. The van der Waals surface area contributed by atoms with Crippen molar-refractivity contribution in [3.05, 3.63) is 53.4 Å². The Morgan fingerprint density at radius 3 is 2.50 bits per heavy atom. The number of nitrogens with zero attached hydrogens (tertiary/aromatic N) is 3. The summed E-state index contributed by atoms with van der Waals surface area (Å²) in [4.78, 5) is 35.4. The molecule has 0 fully saturated rings. The highest BCUT2D eigenvalue weighted by atomic mass is 16.4. The second-order valence-corrected chi connectivity index (χ2v) is 4.49. The van der Waals surface area contributed by atoms with Crippen LogP contribution < -0.4 is 0 Å². The summed E-state index contributed by atoms with van der Waals surface area (Å²) in [5.41, 5.74) is -0.184. The lowest BCUT2D eigenvalue weighted by molar-refractivity contribution is 0.0685. The molecule has 0 aliphatic carbocycles. The first-order valence-corrected chi connectivity index (χ1v) is 6.06. The average Bonchev–Trinajstić information content (AvgIpc) is 2.46. The monoisotopic (exact) mass is 271 g/mol. The molecule has 0 amide bonds. The maximum Gasteiger partial charge on any atom is 0.355 e. The van der Waals surface area contributed by atoms with Crippen molar-refractivity contribution < 1.29 is 14.7 Å². The van der Waals surface area contributed by atoms with Crippen molar-refractivity contribution in [1.29, 1.82) is 0 Å². The first kappa shape index (κ1) is 13.8. The van der Waals surface area contributed by atoms with Gasteiger partial charge in [0.15, 0.2) is 5.69 Å². The summed E-state index contributed by atoms with van der Waals surface area (Å²) < 4.78 is 0. The lowest BCUT2D eigenvalue weighted by Gasteiger charge is -2.08. The first-order chi connectivity index (χ1) is 9.50. The number of carboxylic acid groups (broad SMARTS) is 1. The zero-order valence-corrected chi connectivity index (χ0v) is 11.1. The van der Waals surface area contributed by atoms with Crippen LogP contribution in [0, 0.1) is 0 Å². The van der Waals surface area contributed by atoms with Crippen molar-refractivity contribution >= 4 is 11.8 Å². The van der Waals surface area contributed by atoms with Gasteiger partial charge in [0.1, 0.15) is 11.5 Å². The third-order valence-electron chi connectivity index (χ3n) is 2.67. The summed E-state index contributed by atoms with van der Waals surface area (Å²) in [6, 6.07) is 4.85. The molecule has 0 aliphatic rings. The van der Waals surface area contributed by atoms with Crippen LogP contribution in [0.5, 0.6) is 0 Å². The zero-order chi connectivity index (χ0) is 14.7. The molecule has 2 aromatic rings. The third-order valence-corrected chi connectivity index (χ3v) is 2.67. The summed E-state index contributed by atoms with van der Waals surface area (Å²) in [5.74, 6) is -1.39. The van der Waals surface area contributed by atoms with Gasteiger partial charge in [0, 0.05) is 18.3 Å². The predicted molar refractivity (Wildman–Crippen MR) is 70.7 cm³/mol. The third kappa shape index (κ3) is 2.69. The molecule has 20 heavy (non-hydrogen) atoms. The quantitative estimate of drug-likeness (QED) is 0.854. The number of hydrogen-bond acceptors (Lipinski definition) is 5. The van der Waals surface area contributed by atoms with Gasteiger partial charge < -0.3 is 5.11 Å². The summed E-state index contributed by atoms with van der Waals surface area (Å²) in [6.07, 6.45) is 2.72. The lowest BCUT2D eigenvalue weighted by atomic mass is 10.1. The van der Waals surface area contributed by atoms with Crippen molar-refractivity contribution in [3.63, 3.8) is 0 Å². The van der Waals surface area contributed by atoms with Gasteiger partial charge in [-0.15, -0.1) is 0 Å². The molecule has 0 spiro atoms. The van der Waals surface area contributed by atoms with Crippen LogP contribution in [0.1, 0.15) is 52.1 Å². The molecule has 6 nitrogen and oxygen atoms in total. The number of aromatic carboxylic acids is 1. The lowest BCUT2D eigenvalue weighted by Crippen LogP contribution is -2.15. The summed E-state index contributed by atoms with van der Waals surface area (Å²) in [6.45, 7) is 3.70. The van der Waals surface area contributed by atoms with Gasteiger partial charge in [-0.1, -0.05) is 19.9 Å². The first-order valence-electron chi connectivity index (χ1n) is 6.06. The Kier molecular flexibility index (Phi) is 3.84. The van der Waals surface area contributed by atoms with E-state index in [1.165, 1.54) is 18.5 Å². The van der Waals surface area contributed by atoms with Crippen LogP contribution in [-0.2, 0) is 0 Å². The van der Waals surface area contributed by atoms with Gasteiger partial charge >= 0.3 is 5.97 Å². The minimum absolute atomic E-state index is 0.0212. The van der Waals surface area contributed by atoms with E-state index in [4.69, 9.17) is 0 Å². The topological polar surface area (TPSA) is 93.0 Å². The van der Waals surface area contributed by atoms with Crippen molar-refractivity contribution in [2.24, 2.45) is 0 Å². The normalized spacial score (nSPS) is 10.6. The van der Waals surface area contributed by atoms with Crippen LogP contribution in [-0.4, -0.2) is 31.8 Å². The number of ketones is 1. The van der Waals surface area contributed by atoms with E-state index < -0.39 is 11.8 Å². The highest BCUT2D eigenvalue weighted by molar-refractivity contribution is 6.12. The molecule has 6 heteroatoms. The molecule has 102 valence electrons. The minimum Gasteiger partial charge on any atom is -0.476 e. The Hall–Kier alpha value is -2.63. The second kappa shape index (κ2) is 5.56. The average molecular weight is 271 g/mol. The molecule has 0 bridgehead atoms. The van der Waals surface area contributed by atoms with Crippen LogP contribution in [0.25, 0.3) is 0 Å². The van der Waals surface area contributed by atoms with Gasteiger partial charge in [-0.05, 0) is 12.1 Å². The Labute approximate surface area is 115 Å². The van der Waals surface area contributed by atoms with Crippen LogP contribution in [0.3, 0.4) is 0 Å². The molecule has 0 unspecified atom stereocenters. The number of aromatic nitrogens is 3. The maximum atomic E-state index is 12.2. The number of rotatable bonds is 4. The largest absolute Gasteiger partial charge is 0.476 e. The number of carbonyl (C=O) groups is 2. The molecular weight excluding hydrogens is 258 g/mol. The van der Waals surface area contributed by atoms with Crippen molar-refractivity contribution in [2.75, 3.05) is 0 Å². The van der Waals surface area contributed by atoms with E-state index in [1.807, 2.05) is 13.8 Å². The number of carboxylic acids is 1. The van der Waals surface area contributed by atoms with Gasteiger partial charge in [-0.2, -0.15) is 0 Å². The van der Waals surface area contributed by atoms with Gasteiger partial charge in [-0.25, -0.2) is 14.8 Å². The molecule has 2 rings (SSSR count). The Morgan fingerprint density at radius 1 is 1.20 bits per heavy atom. The number of carbonyl (C=O) groups excluding carboxylic acids is 1. The van der Waals surface area contributed by atoms with E-state index in [2.05, 4.69) is 15.0 Å². The maximum absolute atomic E-state index is 12.2. The van der Waals surface area contributed by atoms with Gasteiger partial charge in [0.2, 0.25) is 5.78 Å². The van der Waals surface area contributed by atoms with Gasteiger partial charge in [-0.3, -0.25) is 9.78 Å². The van der Waals surface area contributed by atoms with E-state index in [1.54, 1.807) is 12.1 Å². The fourth-order valence-electron chi connectivity index (χ4n) is 1.64. The highest BCUT2D eigenvalue weighted by Gasteiger charge is 2.22. The fourth-order valence-corrected chi connectivity index (χ4v) is 1.64. The van der Waals surface area contributed by atoms with E-state index in [9.17, 15) is 14.7 Å². The highest BCUT2D eigenvalue weighted by Crippen LogP contribution is 2.15. The standard InChI is InChI=1S/C14H13N3O3/c1-8(2)13-16-7-9(11(17-13)14(19)20)12(18)10-5-3-4-6-15-10/h3-8H,1-2H3,(H,19,20). The molecule has 2 aromatic heterocycles. The van der Waals surface area contributed by atoms with Crippen molar-refractivity contribution in [1.82, 2.24) is 15.0 Å². The van der Waals surface area contributed by atoms with Crippen molar-refractivity contribution in [3.8, 4) is 0 Å². The molecule has 0 aliphatic heterocycles.